The molecule has 1 heterocycles. The van der Waals surface area contributed by atoms with E-state index in [1.807, 2.05) is 13.8 Å². The number of aliphatic hydroxyl groups is 1. The molecule has 90 valence electrons. The third kappa shape index (κ3) is 1.65. The summed E-state index contributed by atoms with van der Waals surface area (Å²) in [5, 5.41) is 9.33. The highest BCUT2D eigenvalue weighted by atomic mass is 16.3. The lowest BCUT2D eigenvalue weighted by Crippen LogP contribution is -2.54. The van der Waals surface area contributed by atoms with Gasteiger partial charge in [-0.2, -0.15) is 0 Å². The first kappa shape index (κ1) is 11.6. The summed E-state index contributed by atoms with van der Waals surface area (Å²) in [6, 6.07) is -0.344. The zero-order chi connectivity index (χ0) is 11.9. The van der Waals surface area contributed by atoms with Crippen LogP contribution in [0, 0.1) is 17.8 Å². The van der Waals surface area contributed by atoms with E-state index >= 15 is 0 Å². The molecular formula is C12H19NO3. The zero-order valence-corrected chi connectivity index (χ0v) is 9.85. The van der Waals surface area contributed by atoms with E-state index in [1.54, 1.807) is 0 Å². The summed E-state index contributed by atoms with van der Waals surface area (Å²) in [5.74, 6) is 0.0272. The topological polar surface area (TPSA) is 57.6 Å². The minimum absolute atomic E-state index is 0.0236. The van der Waals surface area contributed by atoms with Crippen LogP contribution in [0.1, 0.15) is 33.1 Å². The molecule has 0 spiro atoms. The normalized spacial score (nSPS) is 31.4. The van der Waals surface area contributed by atoms with Crippen molar-refractivity contribution in [2.45, 2.75) is 39.2 Å². The van der Waals surface area contributed by atoms with Crippen LogP contribution >= 0.6 is 0 Å². The molecule has 3 unspecified atom stereocenters. The molecule has 0 aromatic heterocycles. The lowest BCUT2D eigenvalue weighted by Gasteiger charge is -2.37. The highest BCUT2D eigenvalue weighted by molar-refractivity contribution is 6.01. The Hall–Kier alpha value is -0.900. The fourth-order valence-electron chi connectivity index (χ4n) is 2.85. The quantitative estimate of drug-likeness (QED) is 0.722. The zero-order valence-electron chi connectivity index (χ0n) is 9.85. The summed E-state index contributed by atoms with van der Waals surface area (Å²) in [6.07, 6.45) is 2.40. The Kier molecular flexibility index (Phi) is 3.02. The van der Waals surface area contributed by atoms with Crippen LogP contribution in [0.15, 0.2) is 0 Å². The van der Waals surface area contributed by atoms with E-state index in [1.165, 1.54) is 4.90 Å². The van der Waals surface area contributed by atoms with Gasteiger partial charge in [-0.1, -0.05) is 13.8 Å². The van der Waals surface area contributed by atoms with Crippen molar-refractivity contribution in [2.75, 3.05) is 6.61 Å². The van der Waals surface area contributed by atoms with E-state index in [0.717, 1.165) is 19.3 Å². The molecular weight excluding hydrogens is 206 g/mol. The predicted octanol–water partition coefficient (Wildman–Crippen LogP) is 0.788. The number of rotatable bonds is 3. The number of carbonyl (C=O) groups is 2. The highest BCUT2D eigenvalue weighted by Gasteiger charge is 2.47. The molecule has 1 aliphatic carbocycles. The maximum Gasteiger partial charge on any atom is 0.232 e. The van der Waals surface area contributed by atoms with Crippen molar-refractivity contribution >= 4 is 11.8 Å². The Bertz CT molecular complexity index is 291. The molecule has 0 radical (unpaired) electrons. The van der Waals surface area contributed by atoms with Crippen LogP contribution in [0.5, 0.6) is 0 Å². The van der Waals surface area contributed by atoms with Gasteiger partial charge in [-0.25, -0.2) is 0 Å². The molecule has 4 heteroatoms. The Balaban J connectivity index is 2.25. The third-order valence-electron chi connectivity index (χ3n) is 3.89. The number of carbonyl (C=O) groups excluding carboxylic acids is 2. The molecule has 1 N–H and O–H groups in total. The number of hydrogen-bond acceptors (Lipinski definition) is 3. The van der Waals surface area contributed by atoms with Crippen LogP contribution in [-0.2, 0) is 9.59 Å². The van der Waals surface area contributed by atoms with Crippen molar-refractivity contribution in [3.05, 3.63) is 0 Å². The van der Waals surface area contributed by atoms with E-state index in [2.05, 4.69) is 0 Å². The van der Waals surface area contributed by atoms with Gasteiger partial charge in [0.05, 0.1) is 12.6 Å². The molecule has 16 heavy (non-hydrogen) atoms. The van der Waals surface area contributed by atoms with E-state index in [0.29, 0.717) is 0 Å². The van der Waals surface area contributed by atoms with Crippen LogP contribution in [-0.4, -0.2) is 34.5 Å². The summed E-state index contributed by atoms with van der Waals surface area (Å²) < 4.78 is 0. The van der Waals surface area contributed by atoms with Gasteiger partial charge in [0.25, 0.3) is 0 Å². The van der Waals surface area contributed by atoms with Crippen molar-refractivity contribution in [1.29, 1.82) is 0 Å². The molecule has 2 rings (SSSR count). The van der Waals surface area contributed by atoms with Gasteiger partial charge < -0.3 is 5.11 Å². The first-order valence-corrected chi connectivity index (χ1v) is 6.04. The molecule has 2 fully saturated rings. The average molecular weight is 225 g/mol. The summed E-state index contributed by atoms with van der Waals surface area (Å²) in [5.41, 5.74) is 0. The van der Waals surface area contributed by atoms with Crippen LogP contribution in [0.25, 0.3) is 0 Å². The molecule has 2 aliphatic rings. The van der Waals surface area contributed by atoms with Gasteiger partial charge in [0.1, 0.15) is 0 Å². The molecule has 1 saturated heterocycles. The minimum Gasteiger partial charge on any atom is -0.394 e. The Morgan fingerprint density at radius 3 is 2.12 bits per heavy atom. The van der Waals surface area contributed by atoms with E-state index in [9.17, 15) is 14.7 Å². The van der Waals surface area contributed by atoms with Gasteiger partial charge in [0.15, 0.2) is 0 Å². The first-order chi connectivity index (χ1) is 7.56. The van der Waals surface area contributed by atoms with Gasteiger partial charge in [0, 0.05) is 11.8 Å². The summed E-state index contributed by atoms with van der Waals surface area (Å²) >= 11 is 0. The second kappa shape index (κ2) is 4.17. The molecule has 1 aliphatic heterocycles. The number of aliphatic hydroxyl groups excluding tert-OH is 1. The SMILES string of the molecule is CC(C)C(CO)N1C(=O)C2CCC(C2)C1=O. The maximum atomic E-state index is 12.1. The Morgan fingerprint density at radius 1 is 1.25 bits per heavy atom. The number of piperidine rings is 1. The number of nitrogens with zero attached hydrogens (tertiary/aromatic N) is 1. The highest BCUT2D eigenvalue weighted by Crippen LogP contribution is 2.39. The van der Waals surface area contributed by atoms with Gasteiger partial charge in [-0.05, 0) is 25.2 Å². The minimum atomic E-state index is -0.344. The maximum absolute atomic E-state index is 12.1. The van der Waals surface area contributed by atoms with Gasteiger partial charge in [-0.3, -0.25) is 14.5 Å². The standard InChI is InChI=1S/C12H19NO3/c1-7(2)10(6-14)13-11(15)8-3-4-9(5-8)12(13)16/h7-10,14H,3-6H2,1-2H3. The summed E-state index contributed by atoms with van der Waals surface area (Å²) in [6.45, 7) is 3.73. The van der Waals surface area contributed by atoms with Crippen molar-refractivity contribution < 1.29 is 14.7 Å². The van der Waals surface area contributed by atoms with Crippen molar-refractivity contribution in [2.24, 2.45) is 17.8 Å². The second-order valence-corrected chi connectivity index (χ2v) is 5.25. The number of likely N-dealkylation sites (tertiary alicyclic amines) is 1. The van der Waals surface area contributed by atoms with E-state index in [-0.39, 0.29) is 42.2 Å². The lowest BCUT2D eigenvalue weighted by molar-refractivity contribution is -0.158. The van der Waals surface area contributed by atoms with Crippen LogP contribution < -0.4 is 0 Å². The fraction of sp³-hybridized carbons (Fsp3) is 0.833. The second-order valence-electron chi connectivity index (χ2n) is 5.25. The Labute approximate surface area is 95.6 Å². The molecule has 0 aromatic rings. The van der Waals surface area contributed by atoms with Crippen molar-refractivity contribution in [3.8, 4) is 0 Å². The van der Waals surface area contributed by atoms with Crippen molar-refractivity contribution in [3.63, 3.8) is 0 Å². The smallest absolute Gasteiger partial charge is 0.232 e. The Morgan fingerprint density at radius 2 is 1.75 bits per heavy atom. The van der Waals surface area contributed by atoms with Crippen molar-refractivity contribution in [1.82, 2.24) is 4.90 Å². The fourth-order valence-corrected chi connectivity index (χ4v) is 2.85. The van der Waals surface area contributed by atoms with Gasteiger partial charge >= 0.3 is 0 Å². The molecule has 2 amide bonds. The third-order valence-corrected chi connectivity index (χ3v) is 3.89. The number of amides is 2. The largest absolute Gasteiger partial charge is 0.394 e. The lowest BCUT2D eigenvalue weighted by atomic mass is 9.92. The van der Waals surface area contributed by atoms with Gasteiger partial charge in [0.2, 0.25) is 11.8 Å². The molecule has 0 aromatic carbocycles. The number of imide groups is 1. The molecule has 2 bridgehead atoms. The monoisotopic (exact) mass is 225 g/mol. The number of hydrogen-bond donors (Lipinski definition) is 1. The van der Waals surface area contributed by atoms with E-state index < -0.39 is 0 Å². The van der Waals surface area contributed by atoms with Crippen LogP contribution in [0.4, 0.5) is 0 Å². The van der Waals surface area contributed by atoms with Crippen LogP contribution in [0.2, 0.25) is 0 Å². The molecule has 3 atom stereocenters. The predicted molar refractivity (Wildman–Crippen MR) is 58.4 cm³/mol. The number of fused-ring (bicyclic) bond motifs is 2. The van der Waals surface area contributed by atoms with E-state index in [4.69, 9.17) is 0 Å². The first-order valence-electron chi connectivity index (χ1n) is 6.04. The molecule has 4 nitrogen and oxygen atoms in total. The van der Waals surface area contributed by atoms with Crippen LogP contribution in [0.3, 0.4) is 0 Å². The average Bonchev–Trinajstić information content (AvgIpc) is 2.67. The summed E-state index contributed by atoms with van der Waals surface area (Å²) in [7, 11) is 0. The summed E-state index contributed by atoms with van der Waals surface area (Å²) in [4.78, 5) is 25.5. The van der Waals surface area contributed by atoms with Gasteiger partial charge in [-0.15, -0.1) is 0 Å². The molecule has 1 saturated carbocycles.